The summed E-state index contributed by atoms with van der Waals surface area (Å²) in [7, 11) is 3.94. The van der Waals surface area contributed by atoms with Crippen LogP contribution in [0.2, 0.25) is 0 Å². The van der Waals surface area contributed by atoms with Crippen molar-refractivity contribution in [1.29, 1.82) is 0 Å². The van der Waals surface area contributed by atoms with Crippen LogP contribution in [0.5, 0.6) is 0 Å². The molecule has 0 bridgehead atoms. The summed E-state index contributed by atoms with van der Waals surface area (Å²) in [4.78, 5) is 2.00. The van der Waals surface area contributed by atoms with Gasteiger partial charge in [-0.15, -0.1) is 0 Å². The van der Waals surface area contributed by atoms with Gasteiger partial charge in [-0.25, -0.2) is 0 Å². The molecule has 0 aliphatic rings. The van der Waals surface area contributed by atoms with Gasteiger partial charge in [0.05, 0.1) is 6.10 Å². The first-order chi connectivity index (χ1) is 9.38. The fraction of sp³-hybridized carbons (Fsp3) is 0.647. The van der Waals surface area contributed by atoms with E-state index in [2.05, 4.69) is 50.4 Å². The van der Waals surface area contributed by atoms with Crippen LogP contribution in [0.15, 0.2) is 24.3 Å². The highest BCUT2D eigenvalue weighted by atomic mass is 16.3. The summed E-state index contributed by atoms with van der Waals surface area (Å²) in [6.45, 7) is 7.93. The fourth-order valence-electron chi connectivity index (χ4n) is 2.33. The summed E-state index contributed by atoms with van der Waals surface area (Å²) in [5.41, 5.74) is 2.66. The number of nitrogens with one attached hydrogen (secondary N) is 1. The van der Waals surface area contributed by atoms with Crippen molar-refractivity contribution in [2.45, 2.75) is 39.3 Å². The Balaban J connectivity index is 2.45. The average molecular weight is 278 g/mol. The third kappa shape index (κ3) is 6.51. The van der Waals surface area contributed by atoms with Crippen molar-refractivity contribution < 1.29 is 5.11 Å². The second-order valence-electron chi connectivity index (χ2n) is 6.39. The number of likely N-dealkylation sites (N-methyl/N-ethyl adjacent to an activating group) is 1. The maximum absolute atomic E-state index is 9.85. The van der Waals surface area contributed by atoms with E-state index >= 15 is 0 Å². The quantitative estimate of drug-likeness (QED) is 0.767. The zero-order valence-electron chi connectivity index (χ0n) is 13.6. The standard InChI is InChI=1S/C17H30N2O/c1-13(2)10-15-6-8-16(9-7-15)14(3)18-11-17(20)12-19(4)5/h6-9,13-14,17-18,20H,10-12H2,1-5H3. The molecule has 3 nitrogen and oxygen atoms in total. The Morgan fingerprint density at radius 2 is 1.70 bits per heavy atom. The van der Waals surface area contributed by atoms with E-state index in [-0.39, 0.29) is 12.1 Å². The van der Waals surface area contributed by atoms with Gasteiger partial charge < -0.3 is 15.3 Å². The maximum Gasteiger partial charge on any atom is 0.0791 e. The fourth-order valence-corrected chi connectivity index (χ4v) is 2.33. The van der Waals surface area contributed by atoms with Gasteiger partial charge in [0, 0.05) is 19.1 Å². The lowest BCUT2D eigenvalue weighted by Crippen LogP contribution is -2.36. The second kappa shape index (κ2) is 8.40. The van der Waals surface area contributed by atoms with Crippen LogP contribution in [0.3, 0.4) is 0 Å². The molecule has 2 unspecified atom stereocenters. The maximum atomic E-state index is 9.85. The number of aliphatic hydroxyl groups excluding tert-OH is 1. The van der Waals surface area contributed by atoms with Gasteiger partial charge in [0.2, 0.25) is 0 Å². The van der Waals surface area contributed by atoms with E-state index in [1.165, 1.54) is 11.1 Å². The minimum absolute atomic E-state index is 0.264. The lowest BCUT2D eigenvalue weighted by atomic mass is 10.00. The molecular formula is C17H30N2O. The Morgan fingerprint density at radius 3 is 2.20 bits per heavy atom. The van der Waals surface area contributed by atoms with E-state index in [0.717, 1.165) is 6.42 Å². The Hall–Kier alpha value is -0.900. The number of nitrogens with zero attached hydrogens (tertiary/aromatic N) is 1. The van der Waals surface area contributed by atoms with Gasteiger partial charge >= 0.3 is 0 Å². The van der Waals surface area contributed by atoms with Crippen molar-refractivity contribution in [1.82, 2.24) is 10.2 Å². The molecule has 0 radical (unpaired) electrons. The third-order valence-corrected chi connectivity index (χ3v) is 3.36. The van der Waals surface area contributed by atoms with E-state index in [4.69, 9.17) is 0 Å². The van der Waals surface area contributed by atoms with Crippen LogP contribution in [0.25, 0.3) is 0 Å². The highest BCUT2D eigenvalue weighted by Gasteiger charge is 2.09. The number of rotatable bonds is 8. The molecule has 0 aliphatic carbocycles. The lowest BCUT2D eigenvalue weighted by Gasteiger charge is -2.20. The molecule has 1 rings (SSSR count). The number of benzene rings is 1. The number of aliphatic hydroxyl groups is 1. The van der Waals surface area contributed by atoms with Crippen LogP contribution >= 0.6 is 0 Å². The molecule has 0 saturated heterocycles. The predicted octanol–water partition coefficient (Wildman–Crippen LogP) is 2.46. The average Bonchev–Trinajstić information content (AvgIpc) is 2.35. The Labute approximate surface area is 124 Å². The molecule has 0 amide bonds. The van der Waals surface area contributed by atoms with E-state index in [1.807, 2.05) is 19.0 Å². The van der Waals surface area contributed by atoms with Crippen molar-refractivity contribution in [2.75, 3.05) is 27.2 Å². The SMILES string of the molecule is CC(C)Cc1ccc(C(C)NCC(O)CN(C)C)cc1. The zero-order valence-corrected chi connectivity index (χ0v) is 13.6. The van der Waals surface area contributed by atoms with E-state index < -0.39 is 0 Å². The van der Waals surface area contributed by atoms with Gasteiger partial charge in [0.15, 0.2) is 0 Å². The van der Waals surface area contributed by atoms with E-state index in [9.17, 15) is 5.11 Å². The molecule has 0 saturated carbocycles. The molecule has 1 aromatic carbocycles. The second-order valence-corrected chi connectivity index (χ2v) is 6.39. The van der Waals surface area contributed by atoms with Gasteiger partial charge in [0.1, 0.15) is 0 Å². The largest absolute Gasteiger partial charge is 0.390 e. The Morgan fingerprint density at radius 1 is 1.10 bits per heavy atom. The molecule has 0 aromatic heterocycles. The van der Waals surface area contributed by atoms with Crippen molar-refractivity contribution in [2.24, 2.45) is 5.92 Å². The molecule has 2 N–H and O–H groups in total. The third-order valence-electron chi connectivity index (χ3n) is 3.36. The van der Waals surface area contributed by atoms with Gasteiger partial charge in [-0.05, 0) is 44.5 Å². The van der Waals surface area contributed by atoms with E-state index in [0.29, 0.717) is 19.0 Å². The highest BCUT2D eigenvalue weighted by molar-refractivity contribution is 5.25. The van der Waals surface area contributed by atoms with Crippen LogP contribution in [-0.2, 0) is 6.42 Å². The zero-order chi connectivity index (χ0) is 15.1. The molecule has 2 atom stereocenters. The molecule has 0 spiro atoms. The smallest absolute Gasteiger partial charge is 0.0791 e. The Kier molecular flexibility index (Phi) is 7.20. The molecule has 20 heavy (non-hydrogen) atoms. The van der Waals surface area contributed by atoms with Crippen LogP contribution in [0.4, 0.5) is 0 Å². The van der Waals surface area contributed by atoms with E-state index in [1.54, 1.807) is 0 Å². The van der Waals surface area contributed by atoms with Crippen molar-refractivity contribution in [3.8, 4) is 0 Å². The summed E-state index contributed by atoms with van der Waals surface area (Å²) in [5.74, 6) is 0.692. The molecule has 1 aromatic rings. The molecule has 0 heterocycles. The van der Waals surface area contributed by atoms with Crippen LogP contribution in [-0.4, -0.2) is 43.3 Å². The molecule has 3 heteroatoms. The van der Waals surface area contributed by atoms with Crippen LogP contribution < -0.4 is 5.32 Å². The molecule has 0 fully saturated rings. The molecular weight excluding hydrogens is 248 g/mol. The van der Waals surface area contributed by atoms with Crippen molar-refractivity contribution >= 4 is 0 Å². The summed E-state index contributed by atoms with van der Waals surface area (Å²) in [6, 6.07) is 9.06. The summed E-state index contributed by atoms with van der Waals surface area (Å²) >= 11 is 0. The van der Waals surface area contributed by atoms with Crippen molar-refractivity contribution in [3.63, 3.8) is 0 Å². The van der Waals surface area contributed by atoms with Gasteiger partial charge in [-0.1, -0.05) is 38.1 Å². The van der Waals surface area contributed by atoms with Crippen molar-refractivity contribution in [3.05, 3.63) is 35.4 Å². The number of hydrogen-bond donors (Lipinski definition) is 2. The Bertz CT molecular complexity index is 373. The lowest BCUT2D eigenvalue weighted by molar-refractivity contribution is 0.132. The first-order valence-electron chi connectivity index (χ1n) is 7.53. The topological polar surface area (TPSA) is 35.5 Å². The summed E-state index contributed by atoms with van der Waals surface area (Å²) in [5, 5.41) is 13.2. The normalized spacial score (nSPS) is 14.8. The van der Waals surface area contributed by atoms with Gasteiger partial charge in [-0.3, -0.25) is 0 Å². The van der Waals surface area contributed by atoms with Gasteiger partial charge in [-0.2, -0.15) is 0 Å². The first kappa shape index (κ1) is 17.2. The van der Waals surface area contributed by atoms with Crippen LogP contribution in [0, 0.1) is 5.92 Å². The highest BCUT2D eigenvalue weighted by Crippen LogP contribution is 2.15. The molecule has 0 aliphatic heterocycles. The number of hydrogen-bond acceptors (Lipinski definition) is 3. The first-order valence-corrected chi connectivity index (χ1v) is 7.53. The predicted molar refractivity (Wildman–Crippen MR) is 86.0 cm³/mol. The minimum atomic E-state index is -0.326. The summed E-state index contributed by atoms with van der Waals surface area (Å²) < 4.78 is 0. The minimum Gasteiger partial charge on any atom is -0.390 e. The van der Waals surface area contributed by atoms with Gasteiger partial charge in [0.25, 0.3) is 0 Å². The monoisotopic (exact) mass is 278 g/mol. The summed E-state index contributed by atoms with van der Waals surface area (Å²) in [6.07, 6.45) is 0.802. The van der Waals surface area contributed by atoms with Crippen LogP contribution in [0.1, 0.15) is 37.9 Å². The molecule has 114 valence electrons.